The first-order chi connectivity index (χ1) is 14.1. The monoisotopic (exact) mass is 441 g/mol. The fourth-order valence-electron chi connectivity index (χ4n) is 3.73. The van der Waals surface area contributed by atoms with Crippen LogP contribution in [0.2, 0.25) is 0 Å². The second-order valence-electron chi connectivity index (χ2n) is 6.73. The molecule has 2 aromatic heterocycles. The van der Waals surface area contributed by atoms with Crippen LogP contribution < -0.4 is 10.6 Å². The third kappa shape index (κ3) is 3.41. The summed E-state index contributed by atoms with van der Waals surface area (Å²) < 4.78 is 0.798. The summed E-state index contributed by atoms with van der Waals surface area (Å²) in [6, 6.07) is 4.30. The van der Waals surface area contributed by atoms with Gasteiger partial charge in [0.15, 0.2) is 10.1 Å². The molecule has 1 unspecified atom stereocenters. The molecule has 1 aliphatic heterocycles. The van der Waals surface area contributed by atoms with Crippen molar-refractivity contribution in [1.29, 1.82) is 5.26 Å². The number of hydrogen-bond acceptors (Lipinski definition) is 9. The van der Waals surface area contributed by atoms with Crippen LogP contribution in [0, 0.1) is 18.3 Å². The first-order valence-electron chi connectivity index (χ1n) is 9.14. The smallest absolute Gasteiger partial charge is 0.219 e. The number of Topliss-reactive ketones (excluding diaryl/α,β-unsaturated/α-hetero) is 1. The lowest BCUT2D eigenvalue weighted by Gasteiger charge is -2.37. The summed E-state index contributed by atoms with van der Waals surface area (Å²) in [5.41, 5.74) is 9.54. The van der Waals surface area contributed by atoms with Gasteiger partial charge in [-0.25, -0.2) is 0 Å². The summed E-state index contributed by atoms with van der Waals surface area (Å²) in [5.74, 6) is 0.757. The van der Waals surface area contributed by atoms with Crippen LogP contribution in [0.1, 0.15) is 35.6 Å². The third-order valence-corrected chi connectivity index (χ3v) is 8.11. The Labute approximate surface area is 181 Å². The number of nitriles is 1. The van der Waals surface area contributed by atoms with Gasteiger partial charge in [0.05, 0.1) is 17.6 Å². The minimum absolute atomic E-state index is 0.0834. The highest BCUT2D eigenvalue weighted by Gasteiger charge is 2.42. The number of ketones is 1. The molecular weight excluding hydrogens is 422 g/mol. The Morgan fingerprint density at radius 2 is 2.31 bits per heavy atom. The quantitative estimate of drug-likeness (QED) is 0.539. The molecular formula is C20H19N5OS3. The number of thiophene rings is 1. The van der Waals surface area contributed by atoms with Gasteiger partial charge in [0.2, 0.25) is 5.13 Å². The zero-order valence-electron chi connectivity index (χ0n) is 15.8. The number of thioether (sulfide) groups is 1. The Bertz CT molecular complexity index is 1090. The van der Waals surface area contributed by atoms with Crippen LogP contribution in [0.25, 0.3) is 0 Å². The van der Waals surface area contributed by atoms with Gasteiger partial charge >= 0.3 is 0 Å². The maximum atomic E-state index is 13.0. The van der Waals surface area contributed by atoms with E-state index in [0.29, 0.717) is 28.5 Å². The van der Waals surface area contributed by atoms with Crippen molar-refractivity contribution in [2.45, 2.75) is 36.4 Å². The number of nitrogens with zero attached hydrogens (tertiary/aromatic N) is 4. The molecule has 0 aromatic carbocycles. The van der Waals surface area contributed by atoms with E-state index in [0.717, 1.165) is 39.1 Å². The van der Waals surface area contributed by atoms with E-state index < -0.39 is 5.92 Å². The van der Waals surface area contributed by atoms with Gasteiger partial charge in [-0.05, 0) is 36.8 Å². The first kappa shape index (κ1) is 19.9. The zero-order chi connectivity index (χ0) is 20.5. The number of aromatic nitrogens is 2. The molecule has 1 atom stereocenters. The summed E-state index contributed by atoms with van der Waals surface area (Å²) in [6.45, 7) is 5.73. The number of carbonyl (C=O) groups excluding carboxylic acids is 1. The van der Waals surface area contributed by atoms with Gasteiger partial charge in [0.1, 0.15) is 5.82 Å². The molecule has 0 spiro atoms. The summed E-state index contributed by atoms with van der Waals surface area (Å²) >= 11 is 4.51. The first-order valence-corrected chi connectivity index (χ1v) is 11.8. The van der Waals surface area contributed by atoms with Crippen LogP contribution in [0.15, 0.2) is 51.1 Å². The van der Waals surface area contributed by atoms with Gasteiger partial charge in [-0.1, -0.05) is 29.2 Å². The molecule has 2 N–H and O–H groups in total. The average Bonchev–Trinajstić information content (AvgIpc) is 3.34. The Hall–Kier alpha value is -2.41. The van der Waals surface area contributed by atoms with Gasteiger partial charge in [0.25, 0.3) is 0 Å². The van der Waals surface area contributed by atoms with Crippen molar-refractivity contribution in [1.82, 2.24) is 10.2 Å². The highest BCUT2D eigenvalue weighted by Crippen LogP contribution is 2.48. The topological polar surface area (TPSA) is 95.9 Å². The molecule has 29 heavy (non-hydrogen) atoms. The molecule has 2 aromatic rings. The van der Waals surface area contributed by atoms with Crippen LogP contribution >= 0.6 is 34.4 Å². The third-order valence-electron chi connectivity index (χ3n) is 4.99. The fraction of sp³-hybridized carbons (Fsp3) is 0.300. The van der Waals surface area contributed by atoms with Crippen molar-refractivity contribution < 1.29 is 4.79 Å². The minimum atomic E-state index is -0.401. The summed E-state index contributed by atoms with van der Waals surface area (Å²) in [6.07, 6.45) is 3.78. The number of aryl methyl sites for hydroxylation is 1. The van der Waals surface area contributed by atoms with E-state index in [4.69, 9.17) is 5.73 Å². The SMILES string of the molecule is C=CCSc1nnc(N2C(N)=C(C#N)C(c3sccc3C)C3=C2CCCC3=O)s1. The van der Waals surface area contributed by atoms with Crippen LogP contribution in [0.5, 0.6) is 0 Å². The van der Waals surface area contributed by atoms with Crippen LogP contribution in [0.4, 0.5) is 5.13 Å². The van der Waals surface area contributed by atoms with Crippen LogP contribution in [0.3, 0.4) is 0 Å². The van der Waals surface area contributed by atoms with Gasteiger partial charge < -0.3 is 5.73 Å². The van der Waals surface area contributed by atoms with Crippen molar-refractivity contribution in [3.05, 3.63) is 57.2 Å². The van der Waals surface area contributed by atoms with E-state index >= 15 is 0 Å². The molecule has 0 bridgehead atoms. The highest BCUT2D eigenvalue weighted by atomic mass is 32.2. The van der Waals surface area contributed by atoms with Crippen molar-refractivity contribution in [2.24, 2.45) is 5.73 Å². The van der Waals surface area contributed by atoms with E-state index in [1.165, 1.54) is 11.3 Å². The standard InChI is InChI=1S/C20H19N5OS3/c1-3-8-28-20-24-23-19(29-20)25-13-5-4-6-14(26)16(13)15(12(10-21)18(25)22)17-11(2)7-9-27-17/h3,7,9,15H,1,4-6,8,22H2,2H3. The van der Waals surface area contributed by atoms with E-state index in [2.05, 4.69) is 22.8 Å². The molecule has 0 saturated carbocycles. The van der Waals surface area contributed by atoms with Gasteiger partial charge in [0, 0.05) is 28.3 Å². The Balaban J connectivity index is 1.88. The Morgan fingerprint density at radius 1 is 1.48 bits per heavy atom. The van der Waals surface area contributed by atoms with E-state index in [1.807, 2.05) is 24.4 Å². The lowest BCUT2D eigenvalue weighted by Crippen LogP contribution is -2.38. The van der Waals surface area contributed by atoms with Crippen LogP contribution in [-0.4, -0.2) is 21.7 Å². The minimum Gasteiger partial charge on any atom is -0.384 e. The number of rotatable bonds is 5. The second-order valence-corrected chi connectivity index (χ2v) is 9.91. The summed E-state index contributed by atoms with van der Waals surface area (Å²) in [4.78, 5) is 15.8. The molecule has 0 amide bonds. The molecule has 6 nitrogen and oxygen atoms in total. The number of nitrogens with two attached hydrogens (primary N) is 1. The van der Waals surface area contributed by atoms with E-state index in [9.17, 15) is 10.1 Å². The van der Waals surface area contributed by atoms with Crippen LogP contribution in [-0.2, 0) is 4.79 Å². The largest absolute Gasteiger partial charge is 0.384 e. The second kappa shape index (κ2) is 8.14. The molecule has 4 rings (SSSR count). The summed E-state index contributed by atoms with van der Waals surface area (Å²) in [5, 5.41) is 21.1. The maximum absolute atomic E-state index is 13.0. The van der Waals surface area contributed by atoms with Gasteiger partial charge in [-0.15, -0.1) is 28.1 Å². The van der Waals surface area contributed by atoms with Gasteiger partial charge in [-0.2, -0.15) is 5.26 Å². The molecule has 0 saturated heterocycles. The maximum Gasteiger partial charge on any atom is 0.219 e. The lowest BCUT2D eigenvalue weighted by atomic mass is 9.78. The molecule has 3 heterocycles. The van der Waals surface area contributed by atoms with Crippen molar-refractivity contribution in [3.8, 4) is 6.07 Å². The molecule has 148 valence electrons. The van der Waals surface area contributed by atoms with Crippen molar-refractivity contribution in [2.75, 3.05) is 10.7 Å². The lowest BCUT2D eigenvalue weighted by molar-refractivity contribution is -0.116. The number of allylic oxidation sites excluding steroid dienone is 3. The molecule has 2 aliphatic rings. The van der Waals surface area contributed by atoms with Gasteiger partial charge in [-0.3, -0.25) is 9.69 Å². The average molecular weight is 442 g/mol. The predicted molar refractivity (Wildman–Crippen MR) is 118 cm³/mol. The molecule has 1 aliphatic carbocycles. The number of carbonyl (C=O) groups is 1. The highest BCUT2D eigenvalue weighted by molar-refractivity contribution is 8.01. The molecule has 0 fully saturated rings. The number of hydrogen-bond donors (Lipinski definition) is 1. The van der Waals surface area contributed by atoms with E-state index in [-0.39, 0.29) is 5.78 Å². The Kier molecular flexibility index (Phi) is 5.58. The fourth-order valence-corrected chi connectivity index (χ4v) is 6.41. The summed E-state index contributed by atoms with van der Waals surface area (Å²) in [7, 11) is 0. The predicted octanol–water partition coefficient (Wildman–Crippen LogP) is 4.49. The Morgan fingerprint density at radius 3 is 3.00 bits per heavy atom. The molecule has 0 radical (unpaired) electrons. The van der Waals surface area contributed by atoms with E-state index in [1.54, 1.807) is 28.0 Å². The normalized spacial score (nSPS) is 19.4. The van der Waals surface area contributed by atoms with Crippen molar-refractivity contribution in [3.63, 3.8) is 0 Å². The number of anilines is 1. The molecule has 9 heteroatoms. The van der Waals surface area contributed by atoms with Crippen molar-refractivity contribution >= 4 is 45.4 Å². The zero-order valence-corrected chi connectivity index (χ0v) is 18.3.